The minimum absolute atomic E-state index is 0.163. The molecule has 3 heteroatoms. The summed E-state index contributed by atoms with van der Waals surface area (Å²) in [7, 11) is 0. The molecule has 1 N–H and O–H groups in total. The summed E-state index contributed by atoms with van der Waals surface area (Å²) < 4.78 is 0. The highest BCUT2D eigenvalue weighted by Crippen LogP contribution is 2.07. The number of carbonyl (C=O) groups is 1. The molecule has 2 amide bonds. The predicted molar refractivity (Wildman–Crippen MR) is 107 cm³/mol. The molecule has 0 aromatic rings. The molecular formula is C21H44N2O. The van der Waals surface area contributed by atoms with Crippen molar-refractivity contribution in [3.63, 3.8) is 0 Å². The zero-order valence-electron chi connectivity index (χ0n) is 16.9. The van der Waals surface area contributed by atoms with Crippen molar-refractivity contribution in [2.75, 3.05) is 19.6 Å². The van der Waals surface area contributed by atoms with Crippen LogP contribution in [0.4, 0.5) is 4.79 Å². The van der Waals surface area contributed by atoms with Crippen molar-refractivity contribution in [2.45, 2.75) is 111 Å². The van der Waals surface area contributed by atoms with Gasteiger partial charge >= 0.3 is 6.03 Å². The average molecular weight is 341 g/mol. The highest BCUT2D eigenvalue weighted by molar-refractivity contribution is 5.74. The largest absolute Gasteiger partial charge is 0.338 e. The third-order valence-electron chi connectivity index (χ3n) is 4.66. The van der Waals surface area contributed by atoms with Crippen LogP contribution in [0.2, 0.25) is 0 Å². The molecule has 0 aromatic carbocycles. The van der Waals surface area contributed by atoms with E-state index in [-0.39, 0.29) is 6.03 Å². The number of amides is 2. The van der Waals surface area contributed by atoms with Crippen molar-refractivity contribution in [1.29, 1.82) is 0 Å². The normalized spacial score (nSPS) is 10.8. The zero-order chi connectivity index (χ0) is 17.9. The van der Waals surface area contributed by atoms with Crippen LogP contribution in [-0.4, -0.2) is 30.6 Å². The van der Waals surface area contributed by atoms with Crippen LogP contribution in [0.5, 0.6) is 0 Å². The Kier molecular flexibility index (Phi) is 18.0. The summed E-state index contributed by atoms with van der Waals surface area (Å²) in [6, 6.07) is 0.163. The zero-order valence-corrected chi connectivity index (χ0v) is 16.9. The molecule has 0 saturated heterocycles. The predicted octanol–water partition coefficient (Wildman–Crippen LogP) is 6.52. The first kappa shape index (κ1) is 23.3. The lowest BCUT2D eigenvalue weighted by Crippen LogP contribution is -2.41. The van der Waals surface area contributed by atoms with Crippen molar-refractivity contribution in [1.82, 2.24) is 10.2 Å². The van der Waals surface area contributed by atoms with Gasteiger partial charge in [0.1, 0.15) is 0 Å². The first-order valence-corrected chi connectivity index (χ1v) is 10.8. The van der Waals surface area contributed by atoms with Crippen LogP contribution in [0.25, 0.3) is 0 Å². The summed E-state index contributed by atoms with van der Waals surface area (Å²) in [5.74, 6) is 0. The highest BCUT2D eigenvalue weighted by Gasteiger charge is 2.11. The highest BCUT2D eigenvalue weighted by atomic mass is 16.2. The molecule has 0 saturated carbocycles. The second kappa shape index (κ2) is 18.6. The van der Waals surface area contributed by atoms with E-state index in [4.69, 9.17) is 0 Å². The Morgan fingerprint density at radius 1 is 0.625 bits per heavy atom. The van der Waals surface area contributed by atoms with E-state index in [1.807, 2.05) is 0 Å². The van der Waals surface area contributed by atoms with Crippen molar-refractivity contribution in [3.8, 4) is 0 Å². The Morgan fingerprint density at radius 2 is 1.04 bits per heavy atom. The fourth-order valence-corrected chi connectivity index (χ4v) is 2.99. The van der Waals surface area contributed by atoms with E-state index in [9.17, 15) is 4.79 Å². The molecule has 0 radical (unpaired) electrons. The van der Waals surface area contributed by atoms with Crippen LogP contribution >= 0.6 is 0 Å². The molecule has 0 rings (SSSR count). The average Bonchev–Trinajstić information content (AvgIpc) is 2.59. The summed E-state index contributed by atoms with van der Waals surface area (Å²) in [5.41, 5.74) is 0. The first-order chi connectivity index (χ1) is 11.8. The molecule has 0 spiro atoms. The maximum Gasteiger partial charge on any atom is 0.317 e. The van der Waals surface area contributed by atoms with Crippen LogP contribution in [-0.2, 0) is 0 Å². The Hall–Kier alpha value is -0.730. The molecule has 0 unspecified atom stereocenters. The van der Waals surface area contributed by atoms with Crippen LogP contribution in [0, 0.1) is 0 Å². The van der Waals surface area contributed by atoms with Gasteiger partial charge in [0.15, 0.2) is 0 Å². The monoisotopic (exact) mass is 340 g/mol. The smallest absolute Gasteiger partial charge is 0.317 e. The molecule has 0 fully saturated rings. The van der Waals surface area contributed by atoms with E-state index in [1.165, 1.54) is 70.6 Å². The van der Waals surface area contributed by atoms with Crippen LogP contribution in [0.3, 0.4) is 0 Å². The number of carbonyl (C=O) groups excluding carboxylic acids is 1. The third kappa shape index (κ3) is 14.8. The second-order valence-corrected chi connectivity index (χ2v) is 7.11. The van der Waals surface area contributed by atoms with Gasteiger partial charge in [-0.1, -0.05) is 91.4 Å². The fourth-order valence-electron chi connectivity index (χ4n) is 2.99. The number of hydrogen-bond donors (Lipinski definition) is 1. The van der Waals surface area contributed by atoms with Crippen molar-refractivity contribution >= 4 is 6.03 Å². The summed E-state index contributed by atoms with van der Waals surface area (Å²) in [6.07, 6.45) is 17.5. The molecule has 144 valence electrons. The van der Waals surface area contributed by atoms with E-state index < -0.39 is 0 Å². The molecule has 0 bridgehead atoms. The number of nitrogens with one attached hydrogen (secondary N) is 1. The standard InChI is InChI=1S/C21H44N2O/c1-4-7-10-13-14-15-18-22-21(24)23(19-16-11-8-5-2)20-17-12-9-6-3/h4-20H2,1-3H3,(H,22,24). The topological polar surface area (TPSA) is 32.3 Å². The van der Waals surface area contributed by atoms with E-state index in [2.05, 4.69) is 31.0 Å². The third-order valence-corrected chi connectivity index (χ3v) is 4.66. The van der Waals surface area contributed by atoms with E-state index in [0.717, 1.165) is 38.9 Å². The lowest BCUT2D eigenvalue weighted by Gasteiger charge is -2.23. The molecule has 0 atom stereocenters. The minimum Gasteiger partial charge on any atom is -0.338 e. The van der Waals surface area contributed by atoms with Gasteiger partial charge in [0, 0.05) is 19.6 Å². The summed E-state index contributed by atoms with van der Waals surface area (Å²) in [5, 5.41) is 3.14. The van der Waals surface area contributed by atoms with Gasteiger partial charge < -0.3 is 10.2 Å². The van der Waals surface area contributed by atoms with Crippen molar-refractivity contribution < 1.29 is 4.79 Å². The van der Waals surface area contributed by atoms with Gasteiger partial charge in [-0.2, -0.15) is 0 Å². The van der Waals surface area contributed by atoms with Gasteiger partial charge in [0.05, 0.1) is 0 Å². The molecule has 24 heavy (non-hydrogen) atoms. The second-order valence-electron chi connectivity index (χ2n) is 7.11. The minimum atomic E-state index is 0.163. The molecule has 0 aliphatic carbocycles. The molecule has 0 aliphatic heterocycles. The van der Waals surface area contributed by atoms with E-state index in [1.54, 1.807) is 0 Å². The Labute approximate surface area is 152 Å². The maximum absolute atomic E-state index is 12.4. The quantitative estimate of drug-likeness (QED) is 0.300. The van der Waals surface area contributed by atoms with Crippen molar-refractivity contribution in [3.05, 3.63) is 0 Å². The SMILES string of the molecule is CCCCCCCCNC(=O)N(CCCCCC)CCCCCC. The van der Waals surface area contributed by atoms with Gasteiger partial charge in [0.2, 0.25) is 0 Å². The van der Waals surface area contributed by atoms with Gasteiger partial charge in [-0.25, -0.2) is 4.79 Å². The van der Waals surface area contributed by atoms with Crippen molar-refractivity contribution in [2.24, 2.45) is 0 Å². The number of hydrogen-bond acceptors (Lipinski definition) is 1. The molecule has 0 heterocycles. The van der Waals surface area contributed by atoms with Crippen LogP contribution in [0.15, 0.2) is 0 Å². The summed E-state index contributed by atoms with van der Waals surface area (Å²) in [4.78, 5) is 14.5. The fraction of sp³-hybridized carbons (Fsp3) is 0.952. The number of unbranched alkanes of at least 4 members (excludes halogenated alkanes) is 11. The lowest BCUT2D eigenvalue weighted by molar-refractivity contribution is 0.195. The van der Waals surface area contributed by atoms with E-state index in [0.29, 0.717) is 0 Å². The van der Waals surface area contributed by atoms with Gasteiger partial charge in [-0.3, -0.25) is 0 Å². The lowest BCUT2D eigenvalue weighted by atomic mass is 10.1. The maximum atomic E-state index is 12.4. The Morgan fingerprint density at radius 3 is 1.54 bits per heavy atom. The van der Waals surface area contributed by atoms with Crippen LogP contribution < -0.4 is 5.32 Å². The summed E-state index contributed by atoms with van der Waals surface area (Å²) in [6.45, 7) is 9.40. The van der Waals surface area contributed by atoms with Gasteiger partial charge in [-0.05, 0) is 19.3 Å². The molecular weight excluding hydrogens is 296 g/mol. The molecule has 3 nitrogen and oxygen atoms in total. The molecule has 0 aromatic heterocycles. The Bertz CT molecular complexity index is 257. The molecule has 0 aliphatic rings. The van der Waals surface area contributed by atoms with E-state index >= 15 is 0 Å². The van der Waals surface area contributed by atoms with Gasteiger partial charge in [0.25, 0.3) is 0 Å². The van der Waals surface area contributed by atoms with Gasteiger partial charge in [-0.15, -0.1) is 0 Å². The number of urea groups is 1. The summed E-state index contributed by atoms with van der Waals surface area (Å²) >= 11 is 0. The Balaban J connectivity index is 3.92. The number of nitrogens with zero attached hydrogens (tertiary/aromatic N) is 1. The van der Waals surface area contributed by atoms with Crippen LogP contribution in [0.1, 0.15) is 111 Å². The first-order valence-electron chi connectivity index (χ1n) is 10.8. The number of rotatable bonds is 17.